The van der Waals surface area contributed by atoms with Gasteiger partial charge in [0.05, 0.1) is 11.6 Å². The van der Waals surface area contributed by atoms with E-state index in [1.165, 1.54) is 12.1 Å². The maximum absolute atomic E-state index is 13.0. The topological polar surface area (TPSA) is 75.4 Å². The molecule has 0 bridgehead atoms. The third-order valence-corrected chi connectivity index (χ3v) is 4.31. The number of nitrogens with zero attached hydrogens (tertiary/aromatic N) is 3. The van der Waals surface area contributed by atoms with Crippen LogP contribution in [0.3, 0.4) is 0 Å². The van der Waals surface area contributed by atoms with Crippen LogP contribution in [-0.4, -0.2) is 44.8 Å². The Morgan fingerprint density at radius 1 is 1.21 bits per heavy atom. The molecule has 6 nitrogen and oxygen atoms in total. The second-order valence-electron chi connectivity index (χ2n) is 5.96. The van der Waals surface area contributed by atoms with Crippen molar-refractivity contribution in [3.05, 3.63) is 47.5 Å². The third-order valence-electron chi connectivity index (χ3n) is 4.31. The van der Waals surface area contributed by atoms with Crippen molar-refractivity contribution in [2.24, 2.45) is 5.92 Å². The van der Waals surface area contributed by atoms with Crippen molar-refractivity contribution >= 4 is 11.9 Å². The number of carboxylic acids is 1. The summed E-state index contributed by atoms with van der Waals surface area (Å²) < 4.78 is 14.6. The molecule has 2 aromatic rings. The summed E-state index contributed by atoms with van der Waals surface area (Å²) in [5.41, 5.74) is 1.76. The van der Waals surface area contributed by atoms with Crippen LogP contribution in [0.4, 0.5) is 4.39 Å². The van der Waals surface area contributed by atoms with Gasteiger partial charge in [-0.05, 0) is 50.1 Å². The molecule has 1 fully saturated rings. The standard InChI is InChI=1S/C17H18FN3O3/c1-11-10-15(19-21(11)14-4-2-13(18)3-5-14)16(22)20-8-6-12(7-9-20)17(23)24/h2-5,10,12H,6-9H2,1H3,(H,23,24). The van der Waals surface area contributed by atoms with Crippen molar-refractivity contribution in [1.82, 2.24) is 14.7 Å². The molecule has 1 aromatic heterocycles. The number of hydrogen-bond acceptors (Lipinski definition) is 3. The predicted octanol–water partition coefficient (Wildman–Crippen LogP) is 2.26. The second-order valence-corrected chi connectivity index (χ2v) is 5.96. The Morgan fingerprint density at radius 2 is 1.83 bits per heavy atom. The highest BCUT2D eigenvalue weighted by Gasteiger charge is 2.28. The minimum Gasteiger partial charge on any atom is -0.481 e. The summed E-state index contributed by atoms with van der Waals surface area (Å²) in [5, 5.41) is 13.3. The molecule has 1 amide bonds. The Bertz CT molecular complexity index is 762. The van der Waals surface area contributed by atoms with Crippen LogP contribution in [-0.2, 0) is 4.79 Å². The summed E-state index contributed by atoms with van der Waals surface area (Å²) >= 11 is 0. The Balaban J connectivity index is 1.76. The summed E-state index contributed by atoms with van der Waals surface area (Å²) in [6, 6.07) is 7.57. The molecule has 0 radical (unpaired) electrons. The average molecular weight is 331 g/mol. The Morgan fingerprint density at radius 3 is 2.42 bits per heavy atom. The van der Waals surface area contributed by atoms with Crippen LogP contribution in [0.1, 0.15) is 29.0 Å². The van der Waals surface area contributed by atoms with Gasteiger partial charge in [-0.25, -0.2) is 9.07 Å². The molecule has 1 N–H and O–H groups in total. The molecule has 1 saturated heterocycles. The van der Waals surface area contributed by atoms with Gasteiger partial charge in [-0.2, -0.15) is 5.10 Å². The van der Waals surface area contributed by atoms with Gasteiger partial charge in [-0.15, -0.1) is 0 Å². The molecule has 0 aliphatic carbocycles. The van der Waals surface area contributed by atoms with Gasteiger partial charge in [0.15, 0.2) is 5.69 Å². The van der Waals surface area contributed by atoms with Gasteiger partial charge in [-0.1, -0.05) is 0 Å². The first-order chi connectivity index (χ1) is 11.5. The highest BCUT2D eigenvalue weighted by molar-refractivity contribution is 5.92. The fourth-order valence-corrected chi connectivity index (χ4v) is 2.91. The third kappa shape index (κ3) is 3.15. The number of carboxylic acid groups (broad SMARTS) is 1. The van der Waals surface area contributed by atoms with Crippen LogP contribution in [0.2, 0.25) is 0 Å². The lowest BCUT2D eigenvalue weighted by Crippen LogP contribution is -2.40. The van der Waals surface area contributed by atoms with E-state index in [2.05, 4.69) is 5.10 Å². The fraction of sp³-hybridized carbons (Fsp3) is 0.353. The van der Waals surface area contributed by atoms with Crippen LogP contribution in [0.5, 0.6) is 0 Å². The molecule has 126 valence electrons. The van der Waals surface area contributed by atoms with Crippen LogP contribution >= 0.6 is 0 Å². The average Bonchev–Trinajstić information content (AvgIpc) is 2.97. The van der Waals surface area contributed by atoms with E-state index in [0.29, 0.717) is 37.3 Å². The summed E-state index contributed by atoms with van der Waals surface area (Å²) in [6.07, 6.45) is 0.914. The van der Waals surface area contributed by atoms with Gasteiger partial charge in [-0.3, -0.25) is 9.59 Å². The van der Waals surface area contributed by atoms with Gasteiger partial charge >= 0.3 is 5.97 Å². The zero-order valence-electron chi connectivity index (χ0n) is 13.3. The SMILES string of the molecule is Cc1cc(C(=O)N2CCC(C(=O)O)CC2)nn1-c1ccc(F)cc1. The number of carbonyl (C=O) groups is 2. The Hall–Kier alpha value is -2.70. The number of halogens is 1. The van der Waals surface area contributed by atoms with E-state index >= 15 is 0 Å². The number of likely N-dealkylation sites (tertiary alicyclic amines) is 1. The zero-order chi connectivity index (χ0) is 17.3. The number of benzene rings is 1. The molecule has 1 aliphatic heterocycles. The van der Waals surface area contributed by atoms with Crippen LogP contribution in [0.15, 0.2) is 30.3 Å². The quantitative estimate of drug-likeness (QED) is 0.936. The smallest absolute Gasteiger partial charge is 0.306 e. The first-order valence-corrected chi connectivity index (χ1v) is 7.80. The maximum atomic E-state index is 13.0. The highest BCUT2D eigenvalue weighted by Crippen LogP contribution is 2.20. The van der Waals surface area contributed by atoms with E-state index in [4.69, 9.17) is 5.11 Å². The number of hydrogen-bond donors (Lipinski definition) is 1. The first-order valence-electron chi connectivity index (χ1n) is 7.80. The summed E-state index contributed by atoms with van der Waals surface area (Å²) in [5.74, 6) is -1.73. The van der Waals surface area contributed by atoms with Crippen molar-refractivity contribution < 1.29 is 19.1 Å². The molecule has 1 aliphatic rings. The van der Waals surface area contributed by atoms with Crippen LogP contribution < -0.4 is 0 Å². The van der Waals surface area contributed by atoms with Crippen LogP contribution in [0, 0.1) is 18.7 Å². The van der Waals surface area contributed by atoms with Crippen LogP contribution in [0.25, 0.3) is 5.69 Å². The maximum Gasteiger partial charge on any atom is 0.306 e. The number of aliphatic carboxylic acids is 1. The number of piperidine rings is 1. The normalized spacial score (nSPS) is 15.5. The molecule has 0 spiro atoms. The molecule has 1 aromatic carbocycles. The van der Waals surface area contributed by atoms with Crippen molar-refractivity contribution in [1.29, 1.82) is 0 Å². The molecule has 2 heterocycles. The van der Waals surface area contributed by atoms with Crippen molar-refractivity contribution in [3.8, 4) is 5.69 Å². The van der Waals surface area contributed by atoms with E-state index in [1.54, 1.807) is 27.8 Å². The summed E-state index contributed by atoms with van der Waals surface area (Å²) in [4.78, 5) is 25.2. The van der Waals surface area contributed by atoms with Crippen molar-refractivity contribution in [3.63, 3.8) is 0 Å². The predicted molar refractivity (Wildman–Crippen MR) is 84.5 cm³/mol. The first kappa shape index (κ1) is 16.2. The van der Waals surface area contributed by atoms with E-state index < -0.39 is 5.97 Å². The molecular weight excluding hydrogens is 313 g/mol. The molecule has 24 heavy (non-hydrogen) atoms. The van der Waals surface area contributed by atoms with E-state index in [1.807, 2.05) is 6.92 Å². The fourth-order valence-electron chi connectivity index (χ4n) is 2.91. The molecule has 3 rings (SSSR count). The Kier molecular flexibility index (Phi) is 4.33. The van der Waals surface area contributed by atoms with Gasteiger partial charge in [0.25, 0.3) is 5.91 Å². The highest BCUT2D eigenvalue weighted by atomic mass is 19.1. The number of rotatable bonds is 3. The minimum absolute atomic E-state index is 0.206. The van der Waals surface area contributed by atoms with E-state index in [9.17, 15) is 14.0 Å². The second kappa shape index (κ2) is 6.43. The number of amides is 1. The van der Waals surface area contributed by atoms with E-state index in [0.717, 1.165) is 5.69 Å². The monoisotopic (exact) mass is 331 g/mol. The van der Waals surface area contributed by atoms with Crippen molar-refractivity contribution in [2.75, 3.05) is 13.1 Å². The van der Waals surface area contributed by atoms with Gasteiger partial charge in [0, 0.05) is 18.8 Å². The molecule has 0 atom stereocenters. The van der Waals surface area contributed by atoms with Gasteiger partial charge in [0.2, 0.25) is 0 Å². The lowest BCUT2D eigenvalue weighted by atomic mass is 9.97. The largest absolute Gasteiger partial charge is 0.481 e. The molecule has 0 unspecified atom stereocenters. The summed E-state index contributed by atoms with van der Waals surface area (Å²) in [6.45, 7) is 2.65. The van der Waals surface area contributed by atoms with E-state index in [-0.39, 0.29) is 17.6 Å². The lowest BCUT2D eigenvalue weighted by Gasteiger charge is -2.29. The zero-order valence-corrected chi connectivity index (χ0v) is 13.3. The number of aryl methyl sites for hydroxylation is 1. The summed E-state index contributed by atoms with van der Waals surface area (Å²) in [7, 11) is 0. The molecule has 7 heteroatoms. The molecule has 0 saturated carbocycles. The lowest BCUT2D eigenvalue weighted by molar-refractivity contribution is -0.143. The molecular formula is C17H18FN3O3. The number of aromatic nitrogens is 2. The van der Waals surface area contributed by atoms with Gasteiger partial charge < -0.3 is 10.0 Å². The minimum atomic E-state index is -0.807. The Labute approximate surface area is 138 Å². The van der Waals surface area contributed by atoms with Crippen molar-refractivity contribution in [2.45, 2.75) is 19.8 Å². The van der Waals surface area contributed by atoms with Gasteiger partial charge in [0.1, 0.15) is 5.82 Å². The number of carbonyl (C=O) groups excluding carboxylic acids is 1.